The first-order valence-corrected chi connectivity index (χ1v) is 3.98. The molecular weight excluding hydrogens is 164 g/mol. The Balaban J connectivity index is 2.83. The zero-order chi connectivity index (χ0) is 9.68. The van der Waals surface area contributed by atoms with E-state index in [1.807, 2.05) is 30.3 Å². The predicted molar refractivity (Wildman–Crippen MR) is 52.4 cm³/mol. The fraction of sp³-hybridized carbons (Fsp3) is 0.100. The van der Waals surface area contributed by atoms with Crippen LogP contribution in [0.25, 0.3) is 6.08 Å². The van der Waals surface area contributed by atoms with Crippen molar-refractivity contribution in [3.63, 3.8) is 0 Å². The van der Waals surface area contributed by atoms with Gasteiger partial charge in [0.1, 0.15) is 0 Å². The fourth-order valence-corrected chi connectivity index (χ4v) is 0.979. The second-order valence-electron chi connectivity index (χ2n) is 2.71. The van der Waals surface area contributed by atoms with E-state index in [9.17, 15) is 4.79 Å². The van der Waals surface area contributed by atoms with Gasteiger partial charge >= 0.3 is 0 Å². The molecule has 0 aliphatic rings. The summed E-state index contributed by atoms with van der Waals surface area (Å²) in [6.07, 6.45) is 1.78. The van der Waals surface area contributed by atoms with Crippen LogP contribution in [-0.4, -0.2) is 5.91 Å². The molecule has 3 heteroatoms. The van der Waals surface area contributed by atoms with Crippen LogP contribution in [0.3, 0.4) is 0 Å². The van der Waals surface area contributed by atoms with Crippen LogP contribution >= 0.6 is 0 Å². The third kappa shape index (κ3) is 2.72. The van der Waals surface area contributed by atoms with Crippen LogP contribution in [0.4, 0.5) is 0 Å². The molecule has 3 nitrogen and oxygen atoms in total. The lowest BCUT2D eigenvalue weighted by Crippen LogP contribution is -2.30. The molecule has 68 valence electrons. The first kappa shape index (κ1) is 9.48. The number of hydrogen-bond acceptors (Lipinski definition) is 2. The van der Waals surface area contributed by atoms with Crippen molar-refractivity contribution in [2.45, 2.75) is 6.92 Å². The number of amides is 1. The van der Waals surface area contributed by atoms with E-state index in [0.717, 1.165) is 5.56 Å². The number of carbonyl (C=O) groups is 1. The average molecular weight is 176 g/mol. The predicted octanol–water partition coefficient (Wildman–Crippen LogP) is 1.08. The third-order valence-electron chi connectivity index (χ3n) is 1.67. The maximum absolute atomic E-state index is 11.0. The summed E-state index contributed by atoms with van der Waals surface area (Å²) in [7, 11) is 0. The quantitative estimate of drug-likeness (QED) is 0.306. The molecule has 1 aromatic carbocycles. The maximum Gasteiger partial charge on any atom is 0.260 e. The summed E-state index contributed by atoms with van der Waals surface area (Å²) in [5.74, 6) is 4.73. The summed E-state index contributed by atoms with van der Waals surface area (Å²) in [5.41, 5.74) is 3.66. The molecule has 13 heavy (non-hydrogen) atoms. The lowest BCUT2D eigenvalue weighted by Gasteiger charge is -1.98. The number of nitrogens with one attached hydrogen (secondary N) is 1. The highest BCUT2D eigenvalue weighted by Crippen LogP contribution is 2.05. The van der Waals surface area contributed by atoms with Crippen LogP contribution < -0.4 is 11.3 Å². The van der Waals surface area contributed by atoms with Crippen molar-refractivity contribution in [3.05, 3.63) is 41.5 Å². The van der Waals surface area contributed by atoms with E-state index in [-0.39, 0.29) is 5.91 Å². The number of carbonyl (C=O) groups excluding carboxylic acids is 1. The van der Waals surface area contributed by atoms with E-state index in [0.29, 0.717) is 5.57 Å². The molecule has 0 aliphatic heterocycles. The van der Waals surface area contributed by atoms with Gasteiger partial charge in [0.2, 0.25) is 0 Å². The van der Waals surface area contributed by atoms with Crippen molar-refractivity contribution >= 4 is 12.0 Å². The molecule has 0 aromatic heterocycles. The molecule has 0 aliphatic carbocycles. The molecule has 1 rings (SSSR count). The highest BCUT2D eigenvalue weighted by molar-refractivity contribution is 5.96. The van der Waals surface area contributed by atoms with E-state index < -0.39 is 0 Å². The SMILES string of the molecule is CC(=Cc1ccccc1)C(=O)NN. The normalized spacial score (nSPS) is 11.1. The molecular formula is C10H12N2O. The largest absolute Gasteiger partial charge is 0.290 e. The summed E-state index contributed by atoms with van der Waals surface area (Å²) < 4.78 is 0. The Kier molecular flexibility index (Phi) is 3.23. The Bertz CT molecular complexity index is 317. The zero-order valence-corrected chi connectivity index (χ0v) is 7.45. The van der Waals surface area contributed by atoms with Gasteiger partial charge in [0.05, 0.1) is 0 Å². The van der Waals surface area contributed by atoms with Crippen molar-refractivity contribution < 1.29 is 4.79 Å². The lowest BCUT2D eigenvalue weighted by molar-refractivity contribution is -0.117. The molecule has 0 saturated carbocycles. The fourth-order valence-electron chi connectivity index (χ4n) is 0.979. The number of hydrogen-bond donors (Lipinski definition) is 2. The topological polar surface area (TPSA) is 55.1 Å². The molecule has 3 N–H and O–H groups in total. The Morgan fingerprint density at radius 3 is 2.54 bits per heavy atom. The van der Waals surface area contributed by atoms with Gasteiger partial charge in [-0.05, 0) is 18.6 Å². The summed E-state index contributed by atoms with van der Waals surface area (Å²) in [6.45, 7) is 1.72. The second-order valence-corrected chi connectivity index (χ2v) is 2.71. The second kappa shape index (κ2) is 4.42. The molecule has 0 saturated heterocycles. The smallest absolute Gasteiger partial charge is 0.260 e. The van der Waals surface area contributed by atoms with Gasteiger partial charge in [-0.1, -0.05) is 30.3 Å². The Labute approximate surface area is 77.2 Å². The summed E-state index contributed by atoms with van der Waals surface area (Å²) >= 11 is 0. The molecule has 1 amide bonds. The van der Waals surface area contributed by atoms with Crippen molar-refractivity contribution in [2.75, 3.05) is 0 Å². The molecule has 0 fully saturated rings. The highest BCUT2D eigenvalue weighted by Gasteiger charge is 1.99. The number of hydrazine groups is 1. The zero-order valence-electron chi connectivity index (χ0n) is 7.45. The van der Waals surface area contributed by atoms with Gasteiger partial charge in [-0.25, -0.2) is 5.84 Å². The van der Waals surface area contributed by atoms with E-state index in [1.165, 1.54) is 0 Å². The summed E-state index contributed by atoms with van der Waals surface area (Å²) in [5, 5.41) is 0. The standard InChI is InChI=1S/C10H12N2O/c1-8(10(13)12-11)7-9-5-3-2-4-6-9/h2-7H,11H2,1H3,(H,12,13). The number of nitrogens with two attached hydrogens (primary N) is 1. The monoisotopic (exact) mass is 176 g/mol. The Hall–Kier alpha value is -1.61. The molecule has 1 aromatic rings. The van der Waals surface area contributed by atoms with E-state index in [1.54, 1.807) is 13.0 Å². The van der Waals surface area contributed by atoms with Crippen LogP contribution in [0.1, 0.15) is 12.5 Å². The lowest BCUT2D eigenvalue weighted by atomic mass is 10.1. The minimum absolute atomic E-state index is 0.260. The first-order valence-electron chi connectivity index (χ1n) is 3.98. The molecule has 0 atom stereocenters. The molecule has 0 heterocycles. The number of rotatable bonds is 2. The average Bonchev–Trinajstić information content (AvgIpc) is 2.18. The minimum atomic E-state index is -0.260. The van der Waals surface area contributed by atoms with Crippen LogP contribution in [0.5, 0.6) is 0 Å². The van der Waals surface area contributed by atoms with Crippen molar-refractivity contribution in [3.8, 4) is 0 Å². The molecule has 0 bridgehead atoms. The van der Waals surface area contributed by atoms with Gasteiger partial charge in [-0.3, -0.25) is 10.2 Å². The Morgan fingerprint density at radius 2 is 2.00 bits per heavy atom. The van der Waals surface area contributed by atoms with Crippen LogP contribution in [0, 0.1) is 0 Å². The van der Waals surface area contributed by atoms with Gasteiger partial charge in [-0.2, -0.15) is 0 Å². The maximum atomic E-state index is 11.0. The Morgan fingerprint density at radius 1 is 1.38 bits per heavy atom. The molecule has 0 spiro atoms. The van der Waals surface area contributed by atoms with E-state index in [2.05, 4.69) is 5.43 Å². The minimum Gasteiger partial charge on any atom is -0.290 e. The van der Waals surface area contributed by atoms with E-state index >= 15 is 0 Å². The van der Waals surface area contributed by atoms with Crippen LogP contribution in [-0.2, 0) is 4.79 Å². The number of benzene rings is 1. The van der Waals surface area contributed by atoms with Crippen molar-refractivity contribution in [1.82, 2.24) is 5.43 Å². The van der Waals surface area contributed by atoms with Gasteiger partial charge in [0.25, 0.3) is 5.91 Å². The highest BCUT2D eigenvalue weighted by atomic mass is 16.2. The molecule has 0 radical (unpaired) electrons. The summed E-state index contributed by atoms with van der Waals surface area (Å²) in [4.78, 5) is 11.0. The van der Waals surface area contributed by atoms with Crippen LogP contribution in [0.2, 0.25) is 0 Å². The first-order chi connectivity index (χ1) is 6.24. The van der Waals surface area contributed by atoms with Gasteiger partial charge in [0, 0.05) is 5.57 Å². The van der Waals surface area contributed by atoms with Crippen LogP contribution in [0.15, 0.2) is 35.9 Å². The van der Waals surface area contributed by atoms with Gasteiger partial charge in [0.15, 0.2) is 0 Å². The molecule has 0 unspecified atom stereocenters. The van der Waals surface area contributed by atoms with E-state index in [4.69, 9.17) is 5.84 Å². The van der Waals surface area contributed by atoms with Crippen molar-refractivity contribution in [2.24, 2.45) is 5.84 Å². The van der Waals surface area contributed by atoms with Gasteiger partial charge in [-0.15, -0.1) is 0 Å². The third-order valence-corrected chi connectivity index (χ3v) is 1.67. The van der Waals surface area contributed by atoms with Crippen molar-refractivity contribution in [1.29, 1.82) is 0 Å². The summed E-state index contributed by atoms with van der Waals surface area (Å²) in [6, 6.07) is 9.61. The van der Waals surface area contributed by atoms with Gasteiger partial charge < -0.3 is 0 Å².